The molecule has 1 aliphatic heterocycles. The highest BCUT2D eigenvalue weighted by atomic mass is 35.5. The van der Waals surface area contributed by atoms with Gasteiger partial charge in [-0.15, -0.1) is 0 Å². The van der Waals surface area contributed by atoms with Gasteiger partial charge in [-0.2, -0.15) is 0 Å². The Labute approximate surface area is 126 Å². The molecule has 2 amide bonds. The Morgan fingerprint density at radius 1 is 1.48 bits per heavy atom. The highest BCUT2D eigenvalue weighted by molar-refractivity contribution is 6.33. The van der Waals surface area contributed by atoms with Crippen LogP contribution in [-0.2, 0) is 4.79 Å². The molecule has 114 valence electrons. The number of nitrogens with one attached hydrogen (secondary N) is 1. The summed E-state index contributed by atoms with van der Waals surface area (Å²) in [5.41, 5.74) is 0.169. The number of likely N-dealkylation sites (tertiary alicyclic amines) is 1. The second-order valence-corrected chi connectivity index (χ2v) is 5.32. The van der Waals surface area contributed by atoms with E-state index in [2.05, 4.69) is 5.32 Å². The lowest BCUT2D eigenvalue weighted by Crippen LogP contribution is -2.33. The molecule has 0 unspecified atom stereocenters. The summed E-state index contributed by atoms with van der Waals surface area (Å²) < 4.78 is 12.9. The number of benzene rings is 1. The van der Waals surface area contributed by atoms with Crippen molar-refractivity contribution in [1.82, 2.24) is 10.2 Å². The molecule has 2 rings (SSSR count). The maximum atomic E-state index is 12.9. The minimum Gasteiger partial charge on any atom is -0.391 e. The molecule has 2 N–H and O–H groups in total. The van der Waals surface area contributed by atoms with Crippen LogP contribution in [0.4, 0.5) is 4.39 Å². The molecular formula is C14H16ClFN2O3. The molecule has 0 aromatic heterocycles. The van der Waals surface area contributed by atoms with Crippen molar-refractivity contribution in [1.29, 1.82) is 0 Å². The summed E-state index contributed by atoms with van der Waals surface area (Å²) >= 11 is 5.78. The first-order valence-corrected chi connectivity index (χ1v) is 7.04. The van der Waals surface area contributed by atoms with Gasteiger partial charge in [0.1, 0.15) is 5.82 Å². The fourth-order valence-corrected chi connectivity index (χ4v) is 2.43. The highest BCUT2D eigenvalue weighted by Gasteiger charge is 2.24. The van der Waals surface area contributed by atoms with Crippen LogP contribution in [0.1, 0.15) is 23.2 Å². The zero-order valence-electron chi connectivity index (χ0n) is 11.3. The monoisotopic (exact) mass is 314 g/mol. The van der Waals surface area contributed by atoms with E-state index in [4.69, 9.17) is 11.6 Å². The number of halogens is 2. The summed E-state index contributed by atoms with van der Waals surface area (Å²) in [4.78, 5) is 25.2. The number of hydrogen-bond donors (Lipinski definition) is 2. The minimum atomic E-state index is -0.515. The molecule has 0 spiro atoms. The fraction of sp³-hybridized carbons (Fsp3) is 0.429. The van der Waals surface area contributed by atoms with Gasteiger partial charge in [0.2, 0.25) is 5.91 Å². The Hall–Kier alpha value is -1.66. The predicted octanol–water partition coefficient (Wildman–Crippen LogP) is 1.19. The summed E-state index contributed by atoms with van der Waals surface area (Å²) in [7, 11) is 0. The smallest absolute Gasteiger partial charge is 0.252 e. The Balaban J connectivity index is 1.80. The predicted molar refractivity (Wildman–Crippen MR) is 75.6 cm³/mol. The molecule has 1 aromatic carbocycles. The molecule has 0 aliphatic carbocycles. The third kappa shape index (κ3) is 4.15. The molecule has 1 saturated heterocycles. The normalized spacial score (nSPS) is 17.9. The number of aliphatic hydroxyl groups excluding tert-OH is 1. The molecule has 5 nitrogen and oxygen atoms in total. The Bertz CT molecular complexity index is 553. The number of nitrogens with zero attached hydrogens (tertiary/aromatic N) is 1. The minimum absolute atomic E-state index is 0.0292. The number of amides is 2. The third-order valence-electron chi connectivity index (χ3n) is 3.32. The maximum Gasteiger partial charge on any atom is 0.252 e. The summed E-state index contributed by atoms with van der Waals surface area (Å²) in [6.45, 7) is 1.05. The lowest BCUT2D eigenvalue weighted by atomic mass is 10.2. The van der Waals surface area contributed by atoms with Crippen molar-refractivity contribution in [3.63, 3.8) is 0 Å². The summed E-state index contributed by atoms with van der Waals surface area (Å²) in [5, 5.41) is 12.0. The zero-order valence-corrected chi connectivity index (χ0v) is 12.1. The van der Waals surface area contributed by atoms with Gasteiger partial charge in [-0.1, -0.05) is 11.6 Å². The van der Waals surface area contributed by atoms with E-state index in [-0.39, 0.29) is 29.5 Å². The van der Waals surface area contributed by atoms with Crippen molar-refractivity contribution in [2.24, 2.45) is 0 Å². The third-order valence-corrected chi connectivity index (χ3v) is 3.63. The van der Waals surface area contributed by atoms with E-state index in [1.54, 1.807) is 4.90 Å². The SMILES string of the molecule is O=C(NCCC(=O)N1CC[C@@H](O)C1)c1ccc(F)cc1Cl. The Morgan fingerprint density at radius 3 is 2.86 bits per heavy atom. The van der Waals surface area contributed by atoms with Gasteiger partial charge in [0.05, 0.1) is 16.7 Å². The van der Waals surface area contributed by atoms with Crippen LogP contribution in [0.15, 0.2) is 18.2 Å². The molecule has 1 aromatic rings. The van der Waals surface area contributed by atoms with Crippen LogP contribution in [0, 0.1) is 5.82 Å². The molecule has 1 fully saturated rings. The average molecular weight is 315 g/mol. The molecule has 0 radical (unpaired) electrons. The first-order valence-electron chi connectivity index (χ1n) is 6.66. The van der Waals surface area contributed by atoms with Crippen molar-refractivity contribution < 1.29 is 19.1 Å². The number of carbonyl (C=O) groups is 2. The lowest BCUT2D eigenvalue weighted by Gasteiger charge is -2.15. The van der Waals surface area contributed by atoms with Crippen LogP contribution in [0.5, 0.6) is 0 Å². The van der Waals surface area contributed by atoms with Crippen LogP contribution in [0.3, 0.4) is 0 Å². The van der Waals surface area contributed by atoms with Gasteiger partial charge in [0, 0.05) is 26.1 Å². The van der Waals surface area contributed by atoms with Crippen LogP contribution in [0.2, 0.25) is 5.02 Å². The van der Waals surface area contributed by atoms with Crippen LogP contribution < -0.4 is 5.32 Å². The number of rotatable bonds is 4. The largest absolute Gasteiger partial charge is 0.391 e. The molecule has 7 heteroatoms. The number of hydrogen-bond acceptors (Lipinski definition) is 3. The van der Waals surface area contributed by atoms with Crippen LogP contribution in [-0.4, -0.2) is 47.6 Å². The van der Waals surface area contributed by atoms with Crippen LogP contribution >= 0.6 is 11.6 Å². The maximum absolute atomic E-state index is 12.9. The van der Waals surface area contributed by atoms with Crippen molar-refractivity contribution in [2.45, 2.75) is 18.9 Å². The highest BCUT2D eigenvalue weighted by Crippen LogP contribution is 2.17. The molecular weight excluding hydrogens is 299 g/mol. The van der Waals surface area contributed by atoms with Gasteiger partial charge in [-0.05, 0) is 24.6 Å². The number of aliphatic hydroxyl groups is 1. The molecule has 1 atom stereocenters. The van der Waals surface area contributed by atoms with Gasteiger partial charge >= 0.3 is 0 Å². The zero-order chi connectivity index (χ0) is 15.4. The van der Waals surface area contributed by atoms with Gasteiger partial charge in [-0.25, -0.2) is 4.39 Å². The summed E-state index contributed by atoms with van der Waals surface area (Å²) in [6, 6.07) is 3.51. The lowest BCUT2D eigenvalue weighted by molar-refractivity contribution is -0.130. The summed E-state index contributed by atoms with van der Waals surface area (Å²) in [6.07, 6.45) is 0.280. The second-order valence-electron chi connectivity index (χ2n) is 4.91. The first kappa shape index (κ1) is 15.7. The topological polar surface area (TPSA) is 69.6 Å². The molecule has 21 heavy (non-hydrogen) atoms. The van der Waals surface area contributed by atoms with Gasteiger partial charge in [0.15, 0.2) is 0 Å². The van der Waals surface area contributed by atoms with E-state index in [9.17, 15) is 19.1 Å². The fourth-order valence-electron chi connectivity index (χ4n) is 2.18. The van der Waals surface area contributed by atoms with Gasteiger partial charge < -0.3 is 15.3 Å². The number of β-amino-alcohol motifs (C(OH)–C–C–N with tert-alkyl or cyclic N) is 1. The van der Waals surface area contributed by atoms with E-state index in [0.29, 0.717) is 19.5 Å². The number of carbonyl (C=O) groups excluding carboxylic acids is 2. The molecule has 0 bridgehead atoms. The van der Waals surface area contributed by atoms with E-state index in [0.717, 1.165) is 12.1 Å². The standard InChI is InChI=1S/C14H16ClFN2O3/c15-12-7-9(16)1-2-11(12)14(21)17-5-3-13(20)18-6-4-10(19)8-18/h1-2,7,10,19H,3-6,8H2,(H,17,21)/t10-/m1/s1. The van der Waals surface area contributed by atoms with Crippen molar-refractivity contribution in [3.8, 4) is 0 Å². The van der Waals surface area contributed by atoms with E-state index in [1.165, 1.54) is 6.07 Å². The van der Waals surface area contributed by atoms with E-state index >= 15 is 0 Å². The van der Waals surface area contributed by atoms with Crippen molar-refractivity contribution in [3.05, 3.63) is 34.6 Å². The van der Waals surface area contributed by atoms with Crippen molar-refractivity contribution >= 4 is 23.4 Å². The van der Waals surface area contributed by atoms with Crippen molar-refractivity contribution in [2.75, 3.05) is 19.6 Å². The van der Waals surface area contributed by atoms with E-state index < -0.39 is 17.8 Å². The summed E-state index contributed by atoms with van der Waals surface area (Å²) in [5.74, 6) is -1.08. The van der Waals surface area contributed by atoms with Crippen LogP contribution in [0.25, 0.3) is 0 Å². The van der Waals surface area contributed by atoms with Gasteiger partial charge in [-0.3, -0.25) is 9.59 Å². The Kier molecular flexibility index (Phi) is 5.14. The Morgan fingerprint density at radius 2 is 2.24 bits per heavy atom. The quantitative estimate of drug-likeness (QED) is 0.877. The molecule has 1 aliphatic rings. The molecule has 0 saturated carbocycles. The average Bonchev–Trinajstić information content (AvgIpc) is 2.85. The first-order chi connectivity index (χ1) is 9.97. The molecule has 1 heterocycles. The van der Waals surface area contributed by atoms with Gasteiger partial charge in [0.25, 0.3) is 5.91 Å². The van der Waals surface area contributed by atoms with E-state index in [1.807, 2.05) is 0 Å². The second kappa shape index (κ2) is 6.87.